The topological polar surface area (TPSA) is 115 Å². The van der Waals surface area contributed by atoms with Crippen LogP contribution in [0.25, 0.3) is 0 Å². The maximum Gasteiger partial charge on any atom is 0.343 e. The van der Waals surface area contributed by atoms with E-state index in [2.05, 4.69) is 36.5 Å². The molecule has 182 valence electrons. The lowest BCUT2D eigenvalue weighted by molar-refractivity contribution is -0.143. The second kappa shape index (κ2) is 13.3. The molecule has 0 bridgehead atoms. The Hall–Kier alpha value is -3.40. The molecule has 0 aromatic heterocycles. The summed E-state index contributed by atoms with van der Waals surface area (Å²) in [6.45, 7) is 5.57. The first-order valence-corrected chi connectivity index (χ1v) is 11.4. The number of nitrogens with one attached hydrogen (secondary N) is 2. The summed E-state index contributed by atoms with van der Waals surface area (Å²) >= 11 is 3.40. The molecule has 2 aromatic carbocycles. The van der Waals surface area contributed by atoms with Gasteiger partial charge in [0.2, 0.25) is 0 Å². The molecule has 1 unspecified atom stereocenters. The molecule has 2 amide bonds. The van der Waals surface area contributed by atoms with Gasteiger partial charge in [-0.05, 0) is 58.6 Å². The molecule has 10 heteroatoms. The van der Waals surface area contributed by atoms with Crippen LogP contribution >= 0.6 is 15.9 Å². The van der Waals surface area contributed by atoms with E-state index in [1.807, 2.05) is 26.8 Å². The van der Waals surface area contributed by atoms with Crippen molar-refractivity contribution < 1.29 is 28.6 Å². The van der Waals surface area contributed by atoms with E-state index in [9.17, 15) is 14.4 Å². The molecule has 0 aliphatic carbocycles. The van der Waals surface area contributed by atoms with Crippen LogP contribution in [-0.2, 0) is 14.3 Å². The fraction of sp³-hybridized carbons (Fsp3) is 0.333. The average Bonchev–Trinajstić information content (AvgIpc) is 2.82. The SMILES string of the molecule is CCOc1cc(/C=N/NC(=O)C(NC(=O)c2ccccc2)C(C)C)cc(Br)c1OCC(=O)OC. The summed E-state index contributed by atoms with van der Waals surface area (Å²) in [6, 6.07) is 11.3. The van der Waals surface area contributed by atoms with Gasteiger partial charge in [-0.3, -0.25) is 9.59 Å². The van der Waals surface area contributed by atoms with E-state index in [0.29, 0.717) is 33.7 Å². The fourth-order valence-corrected chi connectivity index (χ4v) is 3.42. The summed E-state index contributed by atoms with van der Waals surface area (Å²) < 4.78 is 16.2. The summed E-state index contributed by atoms with van der Waals surface area (Å²) in [5, 5.41) is 6.76. The minimum atomic E-state index is -0.773. The Balaban J connectivity index is 2.10. The van der Waals surface area contributed by atoms with E-state index in [1.54, 1.807) is 36.4 Å². The molecule has 0 aliphatic rings. The van der Waals surface area contributed by atoms with E-state index in [4.69, 9.17) is 9.47 Å². The van der Waals surface area contributed by atoms with E-state index in [0.717, 1.165) is 0 Å². The highest BCUT2D eigenvalue weighted by atomic mass is 79.9. The zero-order valence-corrected chi connectivity index (χ0v) is 21.0. The van der Waals surface area contributed by atoms with Gasteiger partial charge >= 0.3 is 5.97 Å². The maximum atomic E-state index is 12.7. The van der Waals surface area contributed by atoms with Gasteiger partial charge in [-0.2, -0.15) is 5.10 Å². The number of rotatable bonds is 11. The highest BCUT2D eigenvalue weighted by Gasteiger charge is 2.24. The molecule has 0 saturated heterocycles. The first-order chi connectivity index (χ1) is 16.3. The molecule has 0 radical (unpaired) electrons. The van der Waals surface area contributed by atoms with Crippen molar-refractivity contribution in [3.05, 3.63) is 58.1 Å². The van der Waals surface area contributed by atoms with Crippen molar-refractivity contribution in [2.45, 2.75) is 26.8 Å². The summed E-state index contributed by atoms with van der Waals surface area (Å²) in [7, 11) is 1.27. The lowest BCUT2D eigenvalue weighted by Gasteiger charge is -2.20. The molecule has 0 heterocycles. The van der Waals surface area contributed by atoms with Gasteiger partial charge in [0, 0.05) is 5.56 Å². The van der Waals surface area contributed by atoms with Crippen molar-refractivity contribution >= 4 is 39.9 Å². The summed E-state index contributed by atoms with van der Waals surface area (Å²) in [5.74, 6) is -0.737. The zero-order chi connectivity index (χ0) is 25.1. The van der Waals surface area contributed by atoms with Gasteiger partial charge in [0.25, 0.3) is 11.8 Å². The third-order valence-electron chi connectivity index (χ3n) is 4.55. The highest BCUT2D eigenvalue weighted by Crippen LogP contribution is 2.36. The number of esters is 1. The van der Waals surface area contributed by atoms with Crippen molar-refractivity contribution in [3.63, 3.8) is 0 Å². The number of methoxy groups -OCH3 is 1. The lowest BCUT2D eigenvalue weighted by Crippen LogP contribution is -2.48. The van der Waals surface area contributed by atoms with Crippen LogP contribution in [0.5, 0.6) is 11.5 Å². The number of hydrazone groups is 1. The number of ether oxygens (including phenoxy) is 3. The number of hydrogen-bond donors (Lipinski definition) is 2. The molecule has 2 rings (SSSR count). The van der Waals surface area contributed by atoms with Crippen LogP contribution in [0, 0.1) is 5.92 Å². The molecule has 0 aliphatic heterocycles. The first kappa shape index (κ1) is 26.8. The van der Waals surface area contributed by atoms with Gasteiger partial charge in [0.1, 0.15) is 6.04 Å². The van der Waals surface area contributed by atoms with Gasteiger partial charge in [-0.15, -0.1) is 0 Å². The van der Waals surface area contributed by atoms with Crippen molar-refractivity contribution in [2.75, 3.05) is 20.3 Å². The minimum Gasteiger partial charge on any atom is -0.490 e. The number of amides is 2. The van der Waals surface area contributed by atoms with Crippen LogP contribution in [0.3, 0.4) is 0 Å². The zero-order valence-electron chi connectivity index (χ0n) is 19.5. The van der Waals surface area contributed by atoms with Crippen LogP contribution in [0.15, 0.2) is 52.0 Å². The highest BCUT2D eigenvalue weighted by molar-refractivity contribution is 9.10. The predicted molar refractivity (Wildman–Crippen MR) is 131 cm³/mol. The maximum absolute atomic E-state index is 12.7. The largest absolute Gasteiger partial charge is 0.490 e. The molecule has 0 saturated carbocycles. The van der Waals surface area contributed by atoms with Gasteiger partial charge < -0.3 is 19.5 Å². The third-order valence-corrected chi connectivity index (χ3v) is 5.14. The van der Waals surface area contributed by atoms with Crippen LogP contribution in [0.1, 0.15) is 36.7 Å². The van der Waals surface area contributed by atoms with E-state index in [-0.39, 0.29) is 18.4 Å². The monoisotopic (exact) mass is 533 g/mol. The Morgan fingerprint density at radius 3 is 2.44 bits per heavy atom. The molecule has 34 heavy (non-hydrogen) atoms. The minimum absolute atomic E-state index is 0.159. The average molecular weight is 534 g/mol. The molecule has 2 N–H and O–H groups in total. The van der Waals surface area contributed by atoms with E-state index >= 15 is 0 Å². The Bertz CT molecular complexity index is 1030. The number of carbonyl (C=O) groups excluding carboxylic acids is 3. The molecule has 0 spiro atoms. The van der Waals surface area contributed by atoms with Crippen LogP contribution < -0.4 is 20.2 Å². The smallest absolute Gasteiger partial charge is 0.343 e. The summed E-state index contributed by atoms with van der Waals surface area (Å²) in [5.41, 5.74) is 3.54. The lowest BCUT2D eigenvalue weighted by atomic mass is 10.0. The second-order valence-corrected chi connectivity index (χ2v) is 8.28. The third kappa shape index (κ3) is 7.87. The Morgan fingerprint density at radius 1 is 1.12 bits per heavy atom. The summed E-state index contributed by atoms with van der Waals surface area (Å²) in [4.78, 5) is 36.5. The molecule has 2 aromatic rings. The van der Waals surface area contributed by atoms with Gasteiger partial charge in [-0.25, -0.2) is 10.2 Å². The van der Waals surface area contributed by atoms with Crippen LogP contribution in [0.2, 0.25) is 0 Å². The number of carbonyl (C=O) groups is 3. The number of hydrogen-bond acceptors (Lipinski definition) is 7. The molecule has 0 fully saturated rings. The summed E-state index contributed by atoms with van der Waals surface area (Å²) in [6.07, 6.45) is 1.44. The van der Waals surface area contributed by atoms with Gasteiger partial charge in [0.15, 0.2) is 18.1 Å². The van der Waals surface area contributed by atoms with Crippen LogP contribution in [0.4, 0.5) is 0 Å². The normalized spacial score (nSPS) is 11.7. The molecular formula is C24H28BrN3O6. The Labute approximate surface area is 207 Å². The second-order valence-electron chi connectivity index (χ2n) is 7.42. The number of halogens is 1. The van der Waals surface area contributed by atoms with E-state index in [1.165, 1.54) is 13.3 Å². The number of benzene rings is 2. The predicted octanol–water partition coefficient (Wildman–Crippen LogP) is 3.30. The van der Waals surface area contributed by atoms with Gasteiger partial charge in [-0.1, -0.05) is 32.0 Å². The fourth-order valence-electron chi connectivity index (χ4n) is 2.84. The Kier molecular flexibility index (Phi) is 10.5. The number of nitrogens with zero attached hydrogens (tertiary/aromatic N) is 1. The van der Waals surface area contributed by atoms with Crippen molar-refractivity contribution in [3.8, 4) is 11.5 Å². The quantitative estimate of drug-likeness (QED) is 0.260. The van der Waals surface area contributed by atoms with E-state index < -0.39 is 17.9 Å². The van der Waals surface area contributed by atoms with Crippen molar-refractivity contribution in [1.82, 2.24) is 10.7 Å². The van der Waals surface area contributed by atoms with Crippen LogP contribution in [-0.4, -0.2) is 50.4 Å². The van der Waals surface area contributed by atoms with Crippen molar-refractivity contribution in [1.29, 1.82) is 0 Å². The van der Waals surface area contributed by atoms with Crippen molar-refractivity contribution in [2.24, 2.45) is 11.0 Å². The molecule has 1 atom stereocenters. The standard InChI is InChI=1S/C24H28BrN3O6/c1-5-33-19-12-16(11-18(25)22(19)34-14-20(29)32-4)13-26-28-24(31)21(15(2)3)27-23(30)17-9-7-6-8-10-17/h6-13,15,21H,5,14H2,1-4H3,(H,27,30)(H,28,31)/b26-13+. The molecular weight excluding hydrogens is 506 g/mol. The van der Waals surface area contributed by atoms with Gasteiger partial charge in [0.05, 0.1) is 24.4 Å². The molecule has 9 nitrogen and oxygen atoms in total. The Morgan fingerprint density at radius 2 is 1.82 bits per heavy atom. The first-order valence-electron chi connectivity index (χ1n) is 10.6.